The summed E-state index contributed by atoms with van der Waals surface area (Å²) in [5.74, 6) is -8.05. The average Bonchev–Trinajstić information content (AvgIpc) is 2.90. The molecule has 0 bridgehead atoms. The van der Waals surface area contributed by atoms with Gasteiger partial charge in [-0.1, -0.05) is 6.07 Å². The van der Waals surface area contributed by atoms with E-state index in [9.17, 15) is 44.5 Å². The maximum atomic E-state index is 13.6. The van der Waals surface area contributed by atoms with E-state index in [0.717, 1.165) is 12.4 Å². The number of hydrogen-bond donors (Lipinski definition) is 6. The third kappa shape index (κ3) is 3.84. The summed E-state index contributed by atoms with van der Waals surface area (Å²) in [6, 6.07) is 3.83. The fraction of sp³-hybridized carbons (Fsp3) is 0.280. The summed E-state index contributed by atoms with van der Waals surface area (Å²) in [6.45, 7) is -0.0995. The second kappa shape index (κ2) is 9.09. The molecule has 0 unspecified atom stereocenters. The van der Waals surface area contributed by atoms with Crippen LogP contribution in [-0.4, -0.2) is 59.4 Å². The van der Waals surface area contributed by atoms with E-state index in [-0.39, 0.29) is 48.5 Å². The lowest BCUT2D eigenvalue weighted by Gasteiger charge is -2.45. The van der Waals surface area contributed by atoms with Gasteiger partial charge in [0.1, 0.15) is 34.9 Å². The van der Waals surface area contributed by atoms with E-state index in [4.69, 9.17) is 5.73 Å². The average molecular weight is 535 g/mol. The Bertz CT molecular complexity index is 1560. The smallest absolute Gasteiger partial charge is 0.270 e. The minimum atomic E-state index is -2.65. The number of primary amides is 1. The molecule has 14 nitrogen and oxygen atoms in total. The van der Waals surface area contributed by atoms with Crippen molar-refractivity contribution in [1.29, 1.82) is 0 Å². The van der Waals surface area contributed by atoms with Gasteiger partial charge in [-0.2, -0.15) is 0 Å². The lowest BCUT2D eigenvalue weighted by molar-refractivity contribution is -0.144. The quantitative estimate of drug-likeness (QED) is 0.230. The third-order valence-corrected chi connectivity index (χ3v) is 7.46. The number of nitrogens with zero attached hydrogens (tertiary/aromatic N) is 3. The summed E-state index contributed by atoms with van der Waals surface area (Å²) in [7, 11) is 0. The number of phenolic OH excluding ortho intramolecular Hbond substituents is 1. The molecule has 0 fully saturated rings. The highest BCUT2D eigenvalue weighted by Gasteiger charge is 2.59. The molecular formula is C25H21N5O9. The largest absolute Gasteiger partial charge is 0.511 e. The van der Waals surface area contributed by atoms with E-state index in [0.29, 0.717) is 11.1 Å². The monoisotopic (exact) mass is 535 g/mol. The van der Waals surface area contributed by atoms with Crippen LogP contribution in [0.3, 0.4) is 0 Å². The van der Waals surface area contributed by atoms with Crippen molar-refractivity contribution in [2.75, 3.05) is 0 Å². The predicted octanol–water partition coefficient (Wildman–Crippen LogP) is 0.698. The Kier molecular flexibility index (Phi) is 5.98. The SMILES string of the molecule is NC(=O)C1=C(O)C[C@@H]2C[C@@H]3Cc4c(CNC(=O)c5cc(N=O)ncn5)ccc(O)c4C(=O)C3=C(O)[C@]2(O)C1=O. The van der Waals surface area contributed by atoms with E-state index >= 15 is 0 Å². The molecule has 0 aliphatic heterocycles. The molecule has 5 rings (SSSR count). The number of nitrogens with two attached hydrogens (primary N) is 1. The van der Waals surface area contributed by atoms with Gasteiger partial charge < -0.3 is 31.5 Å². The van der Waals surface area contributed by atoms with Crippen LogP contribution in [0.5, 0.6) is 5.75 Å². The number of carbonyl (C=O) groups excluding carboxylic acids is 4. The Morgan fingerprint density at radius 2 is 1.90 bits per heavy atom. The van der Waals surface area contributed by atoms with Crippen molar-refractivity contribution in [2.45, 2.75) is 31.4 Å². The van der Waals surface area contributed by atoms with Crippen LogP contribution in [-0.2, 0) is 22.6 Å². The Morgan fingerprint density at radius 3 is 2.59 bits per heavy atom. The van der Waals surface area contributed by atoms with E-state index in [1.54, 1.807) is 0 Å². The lowest BCUT2D eigenvalue weighted by Crippen LogP contribution is -2.57. The summed E-state index contributed by atoms with van der Waals surface area (Å²) in [4.78, 5) is 69.0. The molecule has 1 aromatic carbocycles. The topological polar surface area (TPSA) is 242 Å². The molecular weight excluding hydrogens is 514 g/mol. The Morgan fingerprint density at radius 1 is 1.15 bits per heavy atom. The number of aromatic nitrogens is 2. The van der Waals surface area contributed by atoms with E-state index < -0.39 is 63.7 Å². The summed E-state index contributed by atoms with van der Waals surface area (Å²) in [5, 5.41) is 48.4. The molecule has 3 aliphatic rings. The number of carbonyl (C=O) groups is 4. The second-order valence-corrected chi connectivity index (χ2v) is 9.54. The normalized spacial score (nSPS) is 24.0. The van der Waals surface area contributed by atoms with Crippen LogP contribution in [0.1, 0.15) is 44.8 Å². The number of allylic oxidation sites excluding steroid dienone is 2. The van der Waals surface area contributed by atoms with E-state index in [1.807, 2.05) is 0 Å². The van der Waals surface area contributed by atoms with Gasteiger partial charge in [0.05, 0.1) is 5.56 Å². The van der Waals surface area contributed by atoms with Gasteiger partial charge in [-0.15, -0.1) is 4.91 Å². The number of rotatable bonds is 5. The first kappa shape index (κ1) is 25.7. The van der Waals surface area contributed by atoms with Crippen molar-refractivity contribution in [3.63, 3.8) is 0 Å². The van der Waals surface area contributed by atoms with Crippen molar-refractivity contribution in [1.82, 2.24) is 15.3 Å². The zero-order valence-corrected chi connectivity index (χ0v) is 20.0. The first-order valence-electron chi connectivity index (χ1n) is 11.7. The Hall–Kier alpha value is -4.98. The molecule has 14 heteroatoms. The van der Waals surface area contributed by atoms with Gasteiger partial charge in [-0.05, 0) is 41.1 Å². The second-order valence-electron chi connectivity index (χ2n) is 9.54. The zero-order chi connectivity index (χ0) is 28.2. The fourth-order valence-electron chi connectivity index (χ4n) is 5.64. The minimum absolute atomic E-state index is 0.0211. The van der Waals surface area contributed by atoms with E-state index in [1.165, 1.54) is 12.1 Å². The molecule has 7 N–H and O–H groups in total. The molecule has 1 heterocycles. The predicted molar refractivity (Wildman–Crippen MR) is 129 cm³/mol. The van der Waals surface area contributed by atoms with Gasteiger partial charge >= 0.3 is 0 Å². The van der Waals surface area contributed by atoms with Gasteiger partial charge in [0.25, 0.3) is 11.8 Å². The molecule has 39 heavy (non-hydrogen) atoms. The molecule has 3 aliphatic carbocycles. The van der Waals surface area contributed by atoms with Crippen molar-refractivity contribution >= 4 is 29.2 Å². The standard InChI is InChI=1S/C25H21N5O9/c26-23(36)19-15(32)5-11-3-10-4-12-9(7-27-24(37)13-6-16(30-39)29-8-28-13)1-2-14(31)18(12)20(33)17(10)21(34)25(11,38)22(19)35/h1-2,6,8,10-11,31-32,34,38H,3-5,7H2,(H2,26,36)(H,27,37)/t10-,11+,25+/m1/s1. The Labute approximate surface area is 218 Å². The van der Waals surface area contributed by atoms with Crippen molar-refractivity contribution < 1.29 is 39.6 Å². The van der Waals surface area contributed by atoms with Gasteiger partial charge in [0.15, 0.2) is 17.2 Å². The van der Waals surface area contributed by atoms with Crippen LogP contribution < -0.4 is 11.1 Å². The number of phenols is 1. The molecule has 2 amide bonds. The van der Waals surface area contributed by atoms with Crippen molar-refractivity contribution in [3.05, 3.63) is 74.5 Å². The molecule has 0 spiro atoms. The first-order chi connectivity index (χ1) is 18.5. The molecule has 0 saturated carbocycles. The Balaban J connectivity index is 1.50. The van der Waals surface area contributed by atoms with Crippen LogP contribution >= 0.6 is 0 Å². The third-order valence-electron chi connectivity index (χ3n) is 7.46. The number of hydrogen-bond acceptors (Lipinski definition) is 12. The lowest BCUT2D eigenvalue weighted by atomic mass is 9.60. The number of nitrogens with one attached hydrogen (secondary N) is 1. The number of ketones is 2. The van der Waals surface area contributed by atoms with Crippen LogP contribution in [0, 0.1) is 16.7 Å². The molecule has 2 aromatic rings. The number of fused-ring (bicyclic) bond motifs is 3. The maximum Gasteiger partial charge on any atom is 0.270 e. The van der Waals surface area contributed by atoms with Crippen molar-refractivity contribution in [3.8, 4) is 5.75 Å². The van der Waals surface area contributed by atoms with Crippen molar-refractivity contribution in [2.24, 2.45) is 22.7 Å². The number of aliphatic hydroxyl groups is 3. The molecule has 0 radical (unpaired) electrons. The molecule has 200 valence electrons. The fourth-order valence-corrected chi connectivity index (χ4v) is 5.64. The highest BCUT2D eigenvalue weighted by Crippen LogP contribution is 2.51. The highest BCUT2D eigenvalue weighted by atomic mass is 16.3. The minimum Gasteiger partial charge on any atom is -0.511 e. The molecule has 3 atom stereocenters. The molecule has 0 saturated heterocycles. The van der Waals surface area contributed by atoms with Crippen LogP contribution in [0.2, 0.25) is 0 Å². The number of amides is 2. The maximum absolute atomic E-state index is 13.6. The van der Waals surface area contributed by atoms with Crippen LogP contribution in [0.15, 0.2) is 52.4 Å². The number of nitroso groups, excluding NO2 is 1. The van der Waals surface area contributed by atoms with Gasteiger partial charge in [0.2, 0.25) is 5.78 Å². The number of aromatic hydroxyl groups is 1. The van der Waals surface area contributed by atoms with Crippen LogP contribution in [0.25, 0.3) is 0 Å². The van der Waals surface area contributed by atoms with Gasteiger partial charge in [0, 0.05) is 30.5 Å². The van der Waals surface area contributed by atoms with Gasteiger partial charge in [-0.3, -0.25) is 19.2 Å². The van der Waals surface area contributed by atoms with E-state index in [2.05, 4.69) is 20.5 Å². The summed E-state index contributed by atoms with van der Waals surface area (Å²) in [5.41, 5.74) is 1.97. The summed E-state index contributed by atoms with van der Waals surface area (Å²) >= 11 is 0. The summed E-state index contributed by atoms with van der Waals surface area (Å²) < 4.78 is 0. The first-order valence-corrected chi connectivity index (χ1v) is 11.7. The molecule has 1 aromatic heterocycles. The van der Waals surface area contributed by atoms with Gasteiger partial charge in [-0.25, -0.2) is 9.97 Å². The van der Waals surface area contributed by atoms with Crippen LogP contribution in [0.4, 0.5) is 5.82 Å². The number of aliphatic hydroxyl groups excluding tert-OH is 2. The zero-order valence-electron chi connectivity index (χ0n) is 20.0. The highest BCUT2D eigenvalue weighted by molar-refractivity contribution is 6.24. The summed E-state index contributed by atoms with van der Waals surface area (Å²) in [6.07, 6.45) is 0.731. The number of Topliss-reactive ketones (excluding diaryl/α,β-unsaturated/α-hetero) is 2. The number of benzene rings is 1.